The number of aromatic nitrogens is 1. The van der Waals surface area contributed by atoms with E-state index in [1.54, 1.807) is 0 Å². The number of benzene rings is 3. The zero-order valence-electron chi connectivity index (χ0n) is 23.5. The molecule has 2 N–H and O–H groups in total. The summed E-state index contributed by atoms with van der Waals surface area (Å²) in [7, 11) is 0. The highest BCUT2D eigenvalue weighted by atomic mass is 79.9. The topological polar surface area (TPSA) is 70.4 Å². The van der Waals surface area contributed by atoms with Crippen LogP contribution in [0.25, 0.3) is 23.1 Å². The van der Waals surface area contributed by atoms with Crippen molar-refractivity contribution in [1.29, 1.82) is 0 Å². The fourth-order valence-electron chi connectivity index (χ4n) is 5.36. The van der Waals surface area contributed by atoms with Crippen LogP contribution in [0.4, 0.5) is 0 Å². The Morgan fingerprint density at radius 1 is 1.05 bits per heavy atom. The van der Waals surface area contributed by atoms with Crippen LogP contribution in [0.3, 0.4) is 0 Å². The molecule has 1 saturated carbocycles. The Kier molecular flexibility index (Phi) is 9.03. The Morgan fingerprint density at radius 2 is 1.83 bits per heavy atom. The highest BCUT2D eigenvalue weighted by Gasteiger charge is 2.44. The molecule has 1 atom stereocenters. The highest BCUT2D eigenvalue weighted by Crippen LogP contribution is 2.53. The number of aliphatic hydroxyl groups is 1. The standard InChI is InChI=1S/C35H36BrNO3S/c1-34(2,40)30-9-4-3-7-25(30)13-17-32(41-23-35(18-19-35)22-33(38)39)27-8-5-6-24(20-27)10-15-29-16-12-26-11-14-28(36)21-31(26)37-29/h3-12,14-16,20-21,32,40H,13,17-19,22-23H2,1-2H3,(H,38,39)/b15-10+/t32-/m1/s1. The molecule has 0 amide bonds. The van der Waals surface area contributed by atoms with E-state index < -0.39 is 11.6 Å². The van der Waals surface area contributed by atoms with Gasteiger partial charge in [-0.1, -0.05) is 82.7 Å². The molecule has 5 rings (SSSR count). The normalized spacial score (nSPS) is 15.3. The van der Waals surface area contributed by atoms with E-state index in [4.69, 9.17) is 4.98 Å². The van der Waals surface area contributed by atoms with Gasteiger partial charge in [0.05, 0.1) is 23.2 Å². The van der Waals surface area contributed by atoms with Crippen LogP contribution in [0, 0.1) is 5.41 Å². The summed E-state index contributed by atoms with van der Waals surface area (Å²) in [5.41, 5.74) is 5.33. The summed E-state index contributed by atoms with van der Waals surface area (Å²) >= 11 is 5.41. The van der Waals surface area contributed by atoms with Gasteiger partial charge in [-0.2, -0.15) is 11.8 Å². The van der Waals surface area contributed by atoms with Crippen molar-refractivity contribution in [2.45, 2.75) is 56.8 Å². The Bertz CT molecular complexity index is 1570. The third-order valence-corrected chi connectivity index (χ3v) is 10.0. The minimum absolute atomic E-state index is 0.0754. The van der Waals surface area contributed by atoms with E-state index in [2.05, 4.69) is 64.5 Å². The summed E-state index contributed by atoms with van der Waals surface area (Å²) in [6, 6.07) is 27.0. The number of fused-ring (bicyclic) bond motifs is 1. The number of nitrogens with zero attached hydrogens (tertiary/aromatic N) is 1. The predicted molar refractivity (Wildman–Crippen MR) is 174 cm³/mol. The number of halogens is 1. The summed E-state index contributed by atoms with van der Waals surface area (Å²) in [6.45, 7) is 3.67. The molecular weight excluding hydrogens is 594 g/mol. The third-order valence-electron chi connectivity index (χ3n) is 7.83. The van der Waals surface area contributed by atoms with E-state index >= 15 is 0 Å². The van der Waals surface area contributed by atoms with Gasteiger partial charge in [0.1, 0.15) is 0 Å². The number of carboxylic acids is 1. The van der Waals surface area contributed by atoms with E-state index in [1.165, 1.54) is 5.56 Å². The van der Waals surface area contributed by atoms with E-state index in [9.17, 15) is 15.0 Å². The first kappa shape index (κ1) is 29.6. The van der Waals surface area contributed by atoms with Gasteiger partial charge in [0.2, 0.25) is 0 Å². The number of aryl methyl sites for hydroxylation is 1. The number of carboxylic acid groups (broad SMARTS) is 1. The van der Waals surface area contributed by atoms with Gasteiger partial charge in [0.15, 0.2) is 0 Å². The van der Waals surface area contributed by atoms with Crippen molar-refractivity contribution < 1.29 is 15.0 Å². The SMILES string of the molecule is CC(C)(O)c1ccccc1CC[C@@H](SCC1(CC(=O)O)CC1)c1cccc(/C=C/c2ccc3ccc(Br)cc3n2)c1. The van der Waals surface area contributed by atoms with Crippen LogP contribution < -0.4 is 0 Å². The second-order valence-corrected chi connectivity index (χ2v) is 13.8. The lowest BCUT2D eigenvalue weighted by molar-refractivity contribution is -0.138. The molecule has 6 heteroatoms. The zero-order valence-corrected chi connectivity index (χ0v) is 25.9. The molecule has 41 heavy (non-hydrogen) atoms. The monoisotopic (exact) mass is 629 g/mol. The second kappa shape index (κ2) is 12.5. The molecule has 3 aromatic carbocycles. The molecule has 0 spiro atoms. The molecule has 0 aliphatic heterocycles. The lowest BCUT2D eigenvalue weighted by Crippen LogP contribution is -2.18. The molecule has 1 aliphatic rings. The fourth-order valence-corrected chi connectivity index (χ4v) is 7.28. The van der Waals surface area contributed by atoms with Crippen LogP contribution in [0.2, 0.25) is 0 Å². The number of aliphatic carboxylic acids is 1. The summed E-state index contributed by atoms with van der Waals surface area (Å²) in [5, 5.41) is 21.5. The quantitative estimate of drug-likeness (QED) is 0.163. The number of thioether (sulfide) groups is 1. The number of carbonyl (C=O) groups is 1. The number of rotatable bonds is 12. The van der Waals surface area contributed by atoms with Crippen LogP contribution in [0.15, 0.2) is 83.3 Å². The van der Waals surface area contributed by atoms with Gasteiger partial charge < -0.3 is 10.2 Å². The van der Waals surface area contributed by atoms with Crippen LogP contribution in [-0.2, 0) is 16.8 Å². The predicted octanol–water partition coefficient (Wildman–Crippen LogP) is 9.06. The van der Waals surface area contributed by atoms with Crippen LogP contribution in [-0.4, -0.2) is 26.9 Å². The summed E-state index contributed by atoms with van der Waals surface area (Å²) in [4.78, 5) is 16.3. The highest BCUT2D eigenvalue weighted by molar-refractivity contribution is 9.10. The molecule has 0 unspecified atom stereocenters. The Labute approximate surface area is 255 Å². The first-order valence-corrected chi connectivity index (χ1v) is 15.9. The van der Waals surface area contributed by atoms with Gasteiger partial charge in [0, 0.05) is 20.9 Å². The van der Waals surface area contributed by atoms with Gasteiger partial charge in [-0.05, 0) is 91.5 Å². The Morgan fingerprint density at radius 3 is 2.59 bits per heavy atom. The molecule has 212 valence electrons. The van der Waals surface area contributed by atoms with Crippen LogP contribution in [0.1, 0.15) is 72.7 Å². The summed E-state index contributed by atoms with van der Waals surface area (Å²) in [5.74, 6) is 0.133. The Hall–Kier alpha value is -2.93. The number of hydrogen-bond donors (Lipinski definition) is 2. The first-order valence-electron chi connectivity index (χ1n) is 14.1. The lowest BCUT2D eigenvalue weighted by atomic mass is 9.90. The Balaban J connectivity index is 1.37. The average Bonchev–Trinajstić information content (AvgIpc) is 3.70. The molecule has 0 saturated heterocycles. The van der Waals surface area contributed by atoms with Gasteiger partial charge in [-0.25, -0.2) is 4.98 Å². The second-order valence-electron chi connectivity index (χ2n) is 11.7. The van der Waals surface area contributed by atoms with Crippen molar-refractivity contribution in [2.24, 2.45) is 5.41 Å². The van der Waals surface area contributed by atoms with Crippen molar-refractivity contribution in [3.05, 3.63) is 111 Å². The lowest BCUT2D eigenvalue weighted by Gasteiger charge is -2.24. The van der Waals surface area contributed by atoms with Crippen LogP contribution in [0.5, 0.6) is 0 Å². The molecule has 1 fully saturated rings. The van der Waals surface area contributed by atoms with E-state index in [0.717, 1.165) is 69.2 Å². The van der Waals surface area contributed by atoms with Crippen molar-refractivity contribution in [2.75, 3.05) is 5.75 Å². The van der Waals surface area contributed by atoms with E-state index in [1.807, 2.05) is 68.1 Å². The molecule has 1 aromatic heterocycles. The van der Waals surface area contributed by atoms with Gasteiger partial charge in [-0.15, -0.1) is 0 Å². The van der Waals surface area contributed by atoms with Crippen molar-refractivity contribution in [1.82, 2.24) is 4.98 Å². The number of pyridine rings is 1. The summed E-state index contributed by atoms with van der Waals surface area (Å²) in [6.07, 6.45) is 8.10. The largest absolute Gasteiger partial charge is 0.481 e. The molecule has 1 heterocycles. The maximum absolute atomic E-state index is 11.5. The summed E-state index contributed by atoms with van der Waals surface area (Å²) < 4.78 is 1.01. The fraction of sp³-hybridized carbons (Fsp3) is 0.314. The minimum Gasteiger partial charge on any atom is -0.481 e. The number of hydrogen-bond acceptors (Lipinski definition) is 4. The average molecular weight is 631 g/mol. The molecule has 4 nitrogen and oxygen atoms in total. The smallest absolute Gasteiger partial charge is 0.303 e. The van der Waals surface area contributed by atoms with E-state index in [0.29, 0.717) is 0 Å². The van der Waals surface area contributed by atoms with Gasteiger partial charge >= 0.3 is 5.97 Å². The van der Waals surface area contributed by atoms with Crippen molar-refractivity contribution in [3.63, 3.8) is 0 Å². The molecule has 0 bridgehead atoms. The first-order chi connectivity index (χ1) is 19.6. The minimum atomic E-state index is -0.906. The van der Waals surface area contributed by atoms with Crippen molar-refractivity contribution >= 4 is 56.7 Å². The van der Waals surface area contributed by atoms with Gasteiger partial charge in [-0.3, -0.25) is 4.79 Å². The van der Waals surface area contributed by atoms with Crippen molar-refractivity contribution in [3.8, 4) is 0 Å². The molecule has 4 aromatic rings. The van der Waals surface area contributed by atoms with Gasteiger partial charge in [0.25, 0.3) is 0 Å². The maximum atomic E-state index is 11.5. The zero-order chi connectivity index (χ0) is 29.0. The maximum Gasteiger partial charge on any atom is 0.303 e. The van der Waals surface area contributed by atoms with Crippen LogP contribution >= 0.6 is 27.7 Å². The third kappa shape index (κ3) is 7.88. The molecular formula is C35H36BrNO3S. The van der Waals surface area contributed by atoms with E-state index in [-0.39, 0.29) is 17.1 Å². The molecule has 1 aliphatic carbocycles. The molecule has 0 radical (unpaired) electrons.